The summed E-state index contributed by atoms with van der Waals surface area (Å²) < 4.78 is 11.1. The van der Waals surface area contributed by atoms with Gasteiger partial charge in [0.25, 0.3) is 0 Å². The highest BCUT2D eigenvalue weighted by Gasteiger charge is 2.39. The number of esters is 1. The van der Waals surface area contributed by atoms with Crippen LogP contribution in [0.25, 0.3) is 10.8 Å². The molecule has 3 atom stereocenters. The Kier molecular flexibility index (Phi) is 8.53. The summed E-state index contributed by atoms with van der Waals surface area (Å²) in [5.41, 5.74) is 3.05. The molecule has 0 unspecified atom stereocenters. The molecule has 4 aromatic carbocycles. The van der Waals surface area contributed by atoms with Gasteiger partial charge in [-0.15, -0.1) is 0 Å². The smallest absolute Gasteiger partial charge is 0.410 e. The molecule has 42 heavy (non-hydrogen) atoms. The third-order valence-electron chi connectivity index (χ3n) is 8.12. The van der Waals surface area contributed by atoms with E-state index in [0.29, 0.717) is 25.2 Å². The van der Waals surface area contributed by atoms with Crippen molar-refractivity contribution in [2.24, 2.45) is 5.92 Å². The lowest BCUT2D eigenvalue weighted by Gasteiger charge is -2.35. The molecule has 218 valence electrons. The molecule has 1 saturated heterocycles. The van der Waals surface area contributed by atoms with Gasteiger partial charge < -0.3 is 19.3 Å². The fourth-order valence-electron chi connectivity index (χ4n) is 6.11. The molecule has 0 bridgehead atoms. The van der Waals surface area contributed by atoms with Crippen molar-refractivity contribution in [2.75, 3.05) is 31.6 Å². The first-order valence-electron chi connectivity index (χ1n) is 14.6. The van der Waals surface area contributed by atoms with Crippen LogP contribution < -0.4 is 4.90 Å². The van der Waals surface area contributed by atoms with E-state index in [9.17, 15) is 9.59 Å². The number of carbonyl (C=O) groups excluding carboxylic acids is 2. The molecule has 1 aliphatic heterocycles. The second kappa shape index (κ2) is 12.3. The van der Waals surface area contributed by atoms with Crippen molar-refractivity contribution in [2.45, 2.75) is 45.3 Å². The highest BCUT2D eigenvalue weighted by Crippen LogP contribution is 2.39. The van der Waals surface area contributed by atoms with Crippen molar-refractivity contribution in [3.05, 3.63) is 114 Å². The van der Waals surface area contributed by atoms with Crippen molar-refractivity contribution in [1.82, 2.24) is 4.90 Å². The van der Waals surface area contributed by atoms with Crippen LogP contribution in [-0.4, -0.2) is 49.3 Å². The molecule has 0 saturated carbocycles. The number of hydrogen-bond donors (Lipinski definition) is 0. The van der Waals surface area contributed by atoms with Gasteiger partial charge in [-0.2, -0.15) is 0 Å². The van der Waals surface area contributed by atoms with E-state index in [0.717, 1.165) is 22.0 Å². The van der Waals surface area contributed by atoms with Crippen molar-refractivity contribution in [3.63, 3.8) is 0 Å². The summed E-state index contributed by atoms with van der Waals surface area (Å²) in [4.78, 5) is 30.7. The summed E-state index contributed by atoms with van der Waals surface area (Å²) in [5, 5.41) is 2.26. The largest absolute Gasteiger partial charge is 0.465 e. The quantitative estimate of drug-likeness (QED) is 0.214. The van der Waals surface area contributed by atoms with Crippen LogP contribution in [0.2, 0.25) is 0 Å². The van der Waals surface area contributed by atoms with Crippen molar-refractivity contribution in [1.29, 1.82) is 0 Å². The maximum absolute atomic E-state index is 13.9. The molecule has 1 amide bonds. The molecule has 1 fully saturated rings. The van der Waals surface area contributed by atoms with E-state index in [1.165, 1.54) is 12.7 Å². The zero-order valence-corrected chi connectivity index (χ0v) is 25.1. The van der Waals surface area contributed by atoms with Gasteiger partial charge in [-0.1, -0.05) is 84.9 Å². The molecule has 0 N–H and O–H groups in total. The minimum atomic E-state index is -0.631. The number of rotatable bonds is 7. The Labute approximate surface area is 248 Å². The summed E-state index contributed by atoms with van der Waals surface area (Å²) in [6.45, 7) is 9.68. The maximum atomic E-state index is 13.9. The number of fused-ring (bicyclic) bond motifs is 1. The van der Waals surface area contributed by atoms with Gasteiger partial charge in [-0.05, 0) is 61.7 Å². The third-order valence-corrected chi connectivity index (χ3v) is 8.12. The monoisotopic (exact) mass is 564 g/mol. The lowest BCUT2D eigenvalue weighted by Crippen LogP contribution is -2.42. The fourth-order valence-corrected chi connectivity index (χ4v) is 6.11. The Bertz CT molecular complexity index is 1540. The van der Waals surface area contributed by atoms with E-state index < -0.39 is 5.60 Å². The summed E-state index contributed by atoms with van der Waals surface area (Å²) in [6, 6.07) is 32.3. The van der Waals surface area contributed by atoms with Gasteiger partial charge in [-0.3, -0.25) is 0 Å². The number of hydrogen-bond acceptors (Lipinski definition) is 5. The zero-order valence-electron chi connectivity index (χ0n) is 25.1. The molecule has 1 heterocycles. The van der Waals surface area contributed by atoms with E-state index >= 15 is 0 Å². The number of para-hydroxylation sites is 1. The first-order chi connectivity index (χ1) is 20.2. The molecule has 6 heteroatoms. The van der Waals surface area contributed by atoms with Crippen LogP contribution in [0.3, 0.4) is 0 Å². The average Bonchev–Trinajstić information content (AvgIpc) is 3.42. The number of ether oxygens (including phenoxy) is 2. The molecule has 5 rings (SSSR count). The zero-order chi connectivity index (χ0) is 29.9. The van der Waals surface area contributed by atoms with Gasteiger partial charge in [-0.25, -0.2) is 9.59 Å². The second-order valence-electron chi connectivity index (χ2n) is 12.1. The first-order valence-corrected chi connectivity index (χ1v) is 14.6. The second-order valence-corrected chi connectivity index (χ2v) is 12.1. The average molecular weight is 565 g/mol. The van der Waals surface area contributed by atoms with Crippen LogP contribution in [0.4, 0.5) is 10.5 Å². The van der Waals surface area contributed by atoms with Gasteiger partial charge in [0.15, 0.2) is 0 Å². The van der Waals surface area contributed by atoms with Crippen molar-refractivity contribution in [3.8, 4) is 0 Å². The van der Waals surface area contributed by atoms with Gasteiger partial charge >= 0.3 is 12.1 Å². The lowest BCUT2D eigenvalue weighted by molar-refractivity contribution is 0.0139. The summed E-state index contributed by atoms with van der Waals surface area (Å²) in [6.07, 6.45) is -0.330. The molecule has 1 aliphatic rings. The Morgan fingerprint density at radius 3 is 2.29 bits per heavy atom. The number of carbonyl (C=O) groups is 2. The van der Waals surface area contributed by atoms with Gasteiger partial charge in [0.1, 0.15) is 5.60 Å². The Hall–Kier alpha value is -4.32. The summed E-state index contributed by atoms with van der Waals surface area (Å²) in [5.74, 6) is -0.130. The predicted molar refractivity (Wildman–Crippen MR) is 168 cm³/mol. The van der Waals surface area contributed by atoms with Crippen LogP contribution in [0, 0.1) is 5.92 Å². The van der Waals surface area contributed by atoms with Gasteiger partial charge in [0.05, 0.1) is 24.4 Å². The van der Waals surface area contributed by atoms with Crippen LogP contribution in [0.15, 0.2) is 97.1 Å². The SMILES string of the molecule is COC(=O)c1ccccc1N1C[C@H](CN(C(=O)OC(C)(C)C)[C@H](C)c2cccc3ccccc23)[C@@H](c2ccccc2)C1. The first kappa shape index (κ1) is 29.2. The molecular formula is C36H40N2O4. The van der Waals surface area contributed by atoms with E-state index in [4.69, 9.17) is 9.47 Å². The maximum Gasteiger partial charge on any atom is 0.410 e. The number of nitrogens with zero attached hydrogens (tertiary/aromatic N) is 2. The van der Waals surface area contributed by atoms with E-state index in [1.807, 2.05) is 68.1 Å². The van der Waals surface area contributed by atoms with E-state index in [2.05, 4.69) is 66.4 Å². The number of methoxy groups -OCH3 is 1. The molecular weight excluding hydrogens is 524 g/mol. The predicted octanol–water partition coefficient (Wildman–Crippen LogP) is 7.84. The molecule has 6 nitrogen and oxygen atoms in total. The van der Waals surface area contributed by atoms with Gasteiger partial charge in [0, 0.05) is 31.5 Å². The molecule has 4 aromatic rings. The molecule has 0 aromatic heterocycles. The summed E-state index contributed by atoms with van der Waals surface area (Å²) >= 11 is 0. The van der Waals surface area contributed by atoms with Crippen LogP contribution in [0.5, 0.6) is 0 Å². The number of amides is 1. The van der Waals surface area contributed by atoms with Gasteiger partial charge in [0.2, 0.25) is 0 Å². The van der Waals surface area contributed by atoms with Crippen LogP contribution in [0.1, 0.15) is 61.1 Å². The van der Waals surface area contributed by atoms with Crippen LogP contribution in [-0.2, 0) is 9.47 Å². The minimum Gasteiger partial charge on any atom is -0.465 e. The Morgan fingerprint density at radius 2 is 1.55 bits per heavy atom. The van der Waals surface area contributed by atoms with Crippen LogP contribution >= 0.6 is 0 Å². The summed E-state index contributed by atoms with van der Waals surface area (Å²) in [7, 11) is 1.41. The number of anilines is 1. The van der Waals surface area contributed by atoms with E-state index in [-0.39, 0.29) is 29.9 Å². The topological polar surface area (TPSA) is 59.1 Å². The van der Waals surface area contributed by atoms with E-state index in [1.54, 1.807) is 0 Å². The third kappa shape index (κ3) is 6.28. The lowest BCUT2D eigenvalue weighted by atomic mass is 9.88. The standard InChI is InChI=1S/C36H40N2O4/c1-25(29-20-13-17-26-16-9-10-18-30(26)29)38(35(40)42-36(2,3)4)23-28-22-37(24-32(28)27-14-7-6-8-15-27)33-21-12-11-19-31(33)34(39)41-5/h6-21,25,28,32H,22-24H2,1-5H3/t25-,28-,32-/m1/s1. The highest BCUT2D eigenvalue weighted by atomic mass is 16.6. The minimum absolute atomic E-state index is 0.0862. The molecule has 0 spiro atoms. The Morgan fingerprint density at radius 1 is 0.881 bits per heavy atom. The fraction of sp³-hybridized carbons (Fsp3) is 0.333. The molecule has 0 radical (unpaired) electrons. The molecule has 0 aliphatic carbocycles. The van der Waals surface area contributed by atoms with Crippen molar-refractivity contribution < 1.29 is 19.1 Å². The van der Waals surface area contributed by atoms with Crippen molar-refractivity contribution >= 4 is 28.5 Å². The number of benzene rings is 4. The Balaban J connectivity index is 1.53. The highest BCUT2D eigenvalue weighted by molar-refractivity contribution is 5.96. The normalized spacial score (nSPS) is 17.6.